The second kappa shape index (κ2) is 8.72. The van der Waals surface area contributed by atoms with E-state index in [0.717, 1.165) is 0 Å². The van der Waals surface area contributed by atoms with Crippen LogP contribution in [0.4, 0.5) is 0 Å². The van der Waals surface area contributed by atoms with Gasteiger partial charge in [-0.15, -0.1) is 0 Å². The quantitative estimate of drug-likeness (QED) is 0.266. The molecule has 0 N–H and O–H groups in total. The van der Waals surface area contributed by atoms with Crippen LogP contribution in [0.15, 0.2) is 12.1 Å². The van der Waals surface area contributed by atoms with Gasteiger partial charge in [-0.25, -0.2) is 0 Å². The van der Waals surface area contributed by atoms with Crippen LogP contribution in [0, 0.1) is 0 Å². The fourth-order valence-corrected chi connectivity index (χ4v) is 9.49. The molecule has 6 heteroatoms. The highest BCUT2D eigenvalue weighted by molar-refractivity contribution is 9.09. The van der Waals surface area contributed by atoms with E-state index in [1.807, 2.05) is 0 Å². The maximum Gasteiger partial charge on any atom is 0.258 e. The molecule has 0 bridgehead atoms. The summed E-state index contributed by atoms with van der Waals surface area (Å²) in [7, 11) is -0.593. The Balaban J connectivity index is 3.46. The van der Waals surface area contributed by atoms with E-state index in [9.17, 15) is 4.79 Å². The molecule has 0 unspecified atom stereocenters. The fourth-order valence-electron chi connectivity index (χ4n) is 3.67. The summed E-state index contributed by atoms with van der Waals surface area (Å²) in [4.78, 5) is 12.2. The molecule has 1 aromatic carbocycles. The van der Waals surface area contributed by atoms with Crippen molar-refractivity contribution in [2.45, 2.75) is 58.2 Å². The van der Waals surface area contributed by atoms with Gasteiger partial charge in [0.15, 0.2) is 5.78 Å². The van der Waals surface area contributed by atoms with Crippen molar-refractivity contribution in [1.82, 2.24) is 0 Å². The fraction of sp³-hybridized carbons (Fsp3) is 0.611. The number of ether oxygens (including phenoxy) is 1. The van der Waals surface area contributed by atoms with E-state index >= 15 is 0 Å². The van der Waals surface area contributed by atoms with Gasteiger partial charge in [0, 0.05) is 6.07 Å². The highest BCUT2D eigenvalue weighted by Crippen LogP contribution is 2.44. The largest absolute Gasteiger partial charge is 0.543 e. The summed E-state index contributed by atoms with van der Waals surface area (Å²) in [6.07, 6.45) is 0. The Morgan fingerprint density at radius 3 is 2.00 bits per heavy atom. The monoisotopic (exact) mass is 434 g/mol. The molecule has 0 radical (unpaired) electrons. The summed E-state index contributed by atoms with van der Waals surface area (Å²) >= 11 is 9.56. The number of hydrogen-bond acceptors (Lipinski definition) is 3. The zero-order valence-electron chi connectivity index (χ0n) is 15.6. The summed E-state index contributed by atoms with van der Waals surface area (Å²) in [5.41, 5.74) is 1.77. The average molecular weight is 436 g/mol. The van der Waals surface area contributed by atoms with Crippen LogP contribution in [0.3, 0.4) is 0 Å². The van der Waals surface area contributed by atoms with Crippen molar-refractivity contribution in [1.29, 1.82) is 0 Å². The first kappa shape index (κ1) is 21.5. The molecule has 0 amide bonds. The van der Waals surface area contributed by atoms with Crippen LogP contribution in [-0.2, 0) is 0 Å². The molecule has 0 aliphatic rings. The second-order valence-corrected chi connectivity index (χ2v) is 13.3. The molecule has 0 heterocycles. The Hall–Kier alpha value is -0.523. The number of ketones is 1. The van der Waals surface area contributed by atoms with Crippen LogP contribution in [0.5, 0.6) is 11.5 Å². The van der Waals surface area contributed by atoms with Crippen molar-refractivity contribution in [3.63, 3.8) is 0 Å². The third kappa shape index (κ3) is 4.17. The van der Waals surface area contributed by atoms with Gasteiger partial charge in [0.2, 0.25) is 0 Å². The first-order valence-corrected chi connectivity index (χ1v) is 11.9. The van der Waals surface area contributed by atoms with Crippen LogP contribution >= 0.6 is 27.5 Å². The maximum atomic E-state index is 12.2. The molecule has 0 aromatic heterocycles. The van der Waals surface area contributed by atoms with Gasteiger partial charge >= 0.3 is 0 Å². The van der Waals surface area contributed by atoms with Gasteiger partial charge in [0.1, 0.15) is 11.5 Å². The SMILES string of the molecule is COc1c(Cl)cc(O[Si](C(C)C)(C(C)C)C(C)C)cc1C(=O)CBr. The molecular formula is C18H28BrClO3Si. The zero-order chi connectivity index (χ0) is 18.7. The van der Waals surface area contributed by atoms with Crippen LogP contribution in [0.1, 0.15) is 51.9 Å². The molecule has 1 aromatic rings. The summed E-state index contributed by atoms with van der Waals surface area (Å²) in [5, 5.41) is 0.614. The number of Topliss-reactive ketones (excluding diaryl/α,β-unsaturated/α-hetero) is 1. The number of halogens is 2. The van der Waals surface area contributed by atoms with Gasteiger partial charge in [-0.3, -0.25) is 4.79 Å². The first-order chi connectivity index (χ1) is 11.1. The van der Waals surface area contributed by atoms with Crippen LogP contribution in [0.2, 0.25) is 21.6 Å². The van der Waals surface area contributed by atoms with Crippen molar-refractivity contribution in [3.05, 3.63) is 22.7 Å². The van der Waals surface area contributed by atoms with Crippen molar-refractivity contribution < 1.29 is 14.0 Å². The third-order valence-electron chi connectivity index (χ3n) is 4.64. The van der Waals surface area contributed by atoms with Crippen molar-refractivity contribution in [2.24, 2.45) is 0 Å². The van der Waals surface area contributed by atoms with Gasteiger partial charge in [-0.05, 0) is 22.7 Å². The number of alkyl halides is 1. The molecule has 0 spiro atoms. The lowest BCUT2D eigenvalue weighted by molar-refractivity contribution is 0.102. The molecular weight excluding hydrogens is 408 g/mol. The van der Waals surface area contributed by atoms with Crippen LogP contribution < -0.4 is 9.16 Å². The summed E-state index contributed by atoms with van der Waals surface area (Å²) < 4.78 is 11.9. The van der Waals surface area contributed by atoms with E-state index < -0.39 is 8.32 Å². The van der Waals surface area contributed by atoms with E-state index in [1.54, 1.807) is 12.1 Å². The lowest BCUT2D eigenvalue weighted by atomic mass is 10.1. The molecule has 24 heavy (non-hydrogen) atoms. The Bertz CT molecular complexity index is 566. The Kier molecular flexibility index (Phi) is 7.82. The number of carbonyl (C=O) groups is 1. The smallest absolute Gasteiger partial charge is 0.258 e. The standard InChI is InChI=1S/C18H28BrClO3Si/c1-11(2)24(12(3)4,13(5)6)23-14-8-15(17(21)10-19)18(22-7)16(20)9-14/h8-9,11-13H,10H2,1-7H3. The highest BCUT2D eigenvalue weighted by atomic mass is 79.9. The molecule has 1 rings (SSSR count). The van der Waals surface area contributed by atoms with Gasteiger partial charge in [-0.1, -0.05) is 69.1 Å². The molecule has 0 fully saturated rings. The lowest BCUT2D eigenvalue weighted by Gasteiger charge is -2.42. The Morgan fingerprint density at radius 2 is 1.62 bits per heavy atom. The summed E-state index contributed by atoms with van der Waals surface area (Å²) in [6.45, 7) is 13.3. The van der Waals surface area contributed by atoms with Crippen LogP contribution in [-0.4, -0.2) is 26.5 Å². The molecule has 136 valence electrons. The Morgan fingerprint density at radius 1 is 1.12 bits per heavy atom. The number of benzene rings is 1. The normalized spacial score (nSPS) is 12.2. The minimum absolute atomic E-state index is 0.0786. The molecule has 3 nitrogen and oxygen atoms in total. The van der Waals surface area contributed by atoms with Gasteiger partial charge in [0.05, 0.1) is 23.0 Å². The maximum absolute atomic E-state index is 12.2. The minimum atomic E-state index is -2.11. The van der Waals surface area contributed by atoms with Gasteiger partial charge in [0.25, 0.3) is 8.32 Å². The minimum Gasteiger partial charge on any atom is -0.543 e. The molecule has 0 aliphatic carbocycles. The molecule has 0 saturated heterocycles. The predicted molar refractivity (Wildman–Crippen MR) is 108 cm³/mol. The second-order valence-electron chi connectivity index (χ2n) is 6.96. The number of hydrogen-bond donors (Lipinski definition) is 0. The van der Waals surface area contributed by atoms with E-state index in [-0.39, 0.29) is 11.1 Å². The van der Waals surface area contributed by atoms with Gasteiger partial charge < -0.3 is 9.16 Å². The number of methoxy groups -OCH3 is 1. The summed E-state index contributed by atoms with van der Waals surface area (Å²) in [6, 6.07) is 3.53. The number of rotatable bonds is 8. The van der Waals surface area contributed by atoms with E-state index in [2.05, 4.69) is 57.5 Å². The topological polar surface area (TPSA) is 35.5 Å². The van der Waals surface area contributed by atoms with Crippen molar-refractivity contribution >= 4 is 41.6 Å². The average Bonchev–Trinajstić information content (AvgIpc) is 2.50. The number of carbonyl (C=O) groups excluding carboxylic acids is 1. The highest BCUT2D eigenvalue weighted by Gasteiger charge is 2.47. The lowest BCUT2D eigenvalue weighted by Crippen LogP contribution is -2.50. The van der Waals surface area contributed by atoms with E-state index in [0.29, 0.717) is 38.7 Å². The molecule has 0 atom stereocenters. The van der Waals surface area contributed by atoms with Gasteiger partial charge in [-0.2, -0.15) is 0 Å². The summed E-state index contributed by atoms with van der Waals surface area (Å²) in [5.74, 6) is 0.984. The van der Waals surface area contributed by atoms with Crippen molar-refractivity contribution in [3.8, 4) is 11.5 Å². The third-order valence-corrected chi connectivity index (χ3v) is 11.4. The molecule has 0 aliphatic heterocycles. The first-order valence-electron chi connectivity index (χ1n) is 8.27. The molecule has 0 saturated carbocycles. The Labute approximate surface area is 160 Å². The van der Waals surface area contributed by atoms with E-state index in [4.69, 9.17) is 20.8 Å². The van der Waals surface area contributed by atoms with Crippen molar-refractivity contribution in [2.75, 3.05) is 12.4 Å². The van der Waals surface area contributed by atoms with E-state index in [1.165, 1.54) is 7.11 Å². The van der Waals surface area contributed by atoms with Crippen LogP contribution in [0.25, 0.3) is 0 Å². The zero-order valence-corrected chi connectivity index (χ0v) is 18.9. The predicted octanol–water partition coefficient (Wildman–Crippen LogP) is 6.48.